The highest BCUT2D eigenvalue weighted by atomic mass is 16.5. The van der Waals surface area contributed by atoms with Gasteiger partial charge in [0.15, 0.2) is 0 Å². The first kappa shape index (κ1) is 28.4. The highest BCUT2D eigenvalue weighted by molar-refractivity contribution is 5.98. The summed E-state index contributed by atoms with van der Waals surface area (Å²) in [6, 6.07) is 11.4. The van der Waals surface area contributed by atoms with Gasteiger partial charge in [-0.2, -0.15) is 0 Å². The van der Waals surface area contributed by atoms with Crippen LogP contribution in [-0.2, 0) is 20.8 Å². The highest BCUT2D eigenvalue weighted by Crippen LogP contribution is 2.21. The molecule has 194 valence electrons. The lowest BCUT2D eigenvalue weighted by Crippen LogP contribution is -2.51. The van der Waals surface area contributed by atoms with E-state index in [1.165, 1.54) is 12.4 Å². The molecule has 11 heteroatoms. The van der Waals surface area contributed by atoms with Crippen LogP contribution in [0.3, 0.4) is 0 Å². The average Bonchev–Trinajstić information content (AvgIpc) is 2.86. The molecular weight excluding hydrogens is 468 g/mol. The summed E-state index contributed by atoms with van der Waals surface area (Å²) < 4.78 is 0. The molecule has 0 unspecified atom stereocenters. The Bertz CT molecular complexity index is 1040. The fourth-order valence-electron chi connectivity index (χ4n) is 3.51. The van der Waals surface area contributed by atoms with Crippen LogP contribution < -0.4 is 21.8 Å². The topological polar surface area (TPSA) is 191 Å². The van der Waals surface area contributed by atoms with Gasteiger partial charge in [0.25, 0.3) is 11.8 Å². The molecule has 11 nitrogen and oxygen atoms in total. The van der Waals surface area contributed by atoms with Crippen molar-refractivity contribution < 1.29 is 34.6 Å². The largest absolute Gasteiger partial charge is 0.480 e. The molecule has 36 heavy (non-hydrogen) atoms. The Morgan fingerprint density at radius 3 is 2.00 bits per heavy atom. The van der Waals surface area contributed by atoms with Gasteiger partial charge >= 0.3 is 5.97 Å². The molecular formula is C25H32N4O7. The van der Waals surface area contributed by atoms with E-state index in [1.807, 2.05) is 12.1 Å². The average molecular weight is 501 g/mol. The first-order valence-corrected chi connectivity index (χ1v) is 11.5. The van der Waals surface area contributed by atoms with Gasteiger partial charge in [-0.1, -0.05) is 36.4 Å². The Kier molecular flexibility index (Phi) is 11.0. The summed E-state index contributed by atoms with van der Waals surface area (Å²) >= 11 is 0. The molecule has 0 aliphatic heterocycles. The smallest absolute Gasteiger partial charge is 0.326 e. The summed E-state index contributed by atoms with van der Waals surface area (Å²) in [5.74, 6) is -3.00. The summed E-state index contributed by atoms with van der Waals surface area (Å²) in [6.07, 6.45) is 0.441. The number of hydrogen-bond donors (Lipinski definition) is 7. The SMILES string of the molecule is C[C@@H](O)[C@H](NC(=O)c1ccc(-c2ccc(CC(=O)N[C@H](CCCCN)C(=O)O)cc2)cc1)C(=O)NO. The number of nitrogens with one attached hydrogen (secondary N) is 3. The molecule has 0 heterocycles. The lowest BCUT2D eigenvalue weighted by atomic mass is 10.0. The van der Waals surface area contributed by atoms with Crippen LogP contribution in [0.15, 0.2) is 48.5 Å². The molecule has 2 aromatic rings. The van der Waals surface area contributed by atoms with Crippen molar-refractivity contribution in [3.05, 3.63) is 59.7 Å². The highest BCUT2D eigenvalue weighted by Gasteiger charge is 2.25. The van der Waals surface area contributed by atoms with Gasteiger partial charge in [-0.15, -0.1) is 0 Å². The summed E-state index contributed by atoms with van der Waals surface area (Å²) in [5, 5.41) is 32.6. The Labute approximate surface area is 208 Å². The minimum atomic E-state index is -1.32. The molecule has 0 fully saturated rings. The molecule has 0 saturated heterocycles. The number of aliphatic carboxylic acids is 1. The van der Waals surface area contributed by atoms with E-state index in [4.69, 9.17) is 10.9 Å². The normalized spacial score (nSPS) is 13.2. The minimum absolute atomic E-state index is 0.0337. The van der Waals surface area contributed by atoms with Crippen LogP contribution in [0, 0.1) is 0 Å². The molecule has 0 spiro atoms. The zero-order valence-corrected chi connectivity index (χ0v) is 19.9. The van der Waals surface area contributed by atoms with Crippen LogP contribution in [0.1, 0.15) is 42.1 Å². The van der Waals surface area contributed by atoms with E-state index in [0.29, 0.717) is 31.4 Å². The van der Waals surface area contributed by atoms with Gasteiger partial charge in [0.2, 0.25) is 5.91 Å². The molecule has 8 N–H and O–H groups in total. The number of benzene rings is 2. The zero-order valence-electron chi connectivity index (χ0n) is 19.9. The number of carboxylic acids is 1. The molecule has 0 aromatic heterocycles. The maximum Gasteiger partial charge on any atom is 0.326 e. The quantitative estimate of drug-likeness (QED) is 0.118. The van der Waals surface area contributed by atoms with E-state index in [9.17, 15) is 29.4 Å². The van der Waals surface area contributed by atoms with E-state index < -0.39 is 36.0 Å². The number of carbonyl (C=O) groups excluding carboxylic acids is 3. The second-order valence-corrected chi connectivity index (χ2v) is 8.36. The molecule has 0 aliphatic rings. The molecule has 0 aliphatic carbocycles. The predicted molar refractivity (Wildman–Crippen MR) is 131 cm³/mol. The Morgan fingerprint density at radius 1 is 0.917 bits per heavy atom. The number of unbranched alkanes of at least 4 members (excludes halogenated alkanes) is 1. The van der Waals surface area contributed by atoms with E-state index in [1.54, 1.807) is 36.4 Å². The molecule has 3 amide bonds. The van der Waals surface area contributed by atoms with Crippen molar-refractivity contribution in [2.75, 3.05) is 6.54 Å². The fraction of sp³-hybridized carbons (Fsp3) is 0.360. The Hall–Kier alpha value is -3.80. The first-order valence-electron chi connectivity index (χ1n) is 11.5. The number of amides is 3. The summed E-state index contributed by atoms with van der Waals surface area (Å²) in [5.41, 5.74) is 9.43. The van der Waals surface area contributed by atoms with Gasteiger partial charge in [0, 0.05) is 5.56 Å². The van der Waals surface area contributed by atoms with Crippen molar-refractivity contribution in [2.24, 2.45) is 5.73 Å². The first-order chi connectivity index (χ1) is 17.2. The lowest BCUT2D eigenvalue weighted by molar-refractivity contribution is -0.142. The van der Waals surface area contributed by atoms with Crippen LogP contribution in [0.25, 0.3) is 11.1 Å². The number of hydrogen-bond acceptors (Lipinski definition) is 7. The standard InChI is InChI=1S/C25H32N4O7/c1-15(30)22(24(33)29-36)28-23(32)19-11-9-18(10-12-19)17-7-5-16(6-8-17)14-21(31)27-20(25(34)35)4-2-3-13-26/h5-12,15,20,22,30,36H,2-4,13-14,26H2,1H3,(H,27,31)(H,28,32)(H,29,33)(H,34,35)/t15-,20-,22+/m1/s1. The number of carboxylic acid groups (broad SMARTS) is 1. The summed E-state index contributed by atoms with van der Waals surface area (Å²) in [4.78, 5) is 47.7. The minimum Gasteiger partial charge on any atom is -0.480 e. The molecule has 3 atom stereocenters. The van der Waals surface area contributed by atoms with Gasteiger partial charge in [0.1, 0.15) is 12.1 Å². The van der Waals surface area contributed by atoms with Crippen molar-refractivity contribution in [3.8, 4) is 11.1 Å². The molecule has 0 radical (unpaired) electrons. The number of rotatable bonds is 13. The zero-order chi connectivity index (χ0) is 26.7. The fourth-order valence-corrected chi connectivity index (χ4v) is 3.51. The number of hydroxylamine groups is 1. The molecule has 2 aromatic carbocycles. The van der Waals surface area contributed by atoms with E-state index in [0.717, 1.165) is 11.1 Å². The van der Waals surface area contributed by atoms with Crippen molar-refractivity contribution in [1.82, 2.24) is 16.1 Å². The van der Waals surface area contributed by atoms with Gasteiger partial charge in [-0.3, -0.25) is 19.6 Å². The predicted octanol–water partition coefficient (Wildman–Crippen LogP) is 0.579. The van der Waals surface area contributed by atoms with Crippen LogP contribution in [0.5, 0.6) is 0 Å². The number of nitrogens with two attached hydrogens (primary N) is 1. The van der Waals surface area contributed by atoms with Crippen LogP contribution in [0.2, 0.25) is 0 Å². The van der Waals surface area contributed by atoms with Crippen LogP contribution in [0.4, 0.5) is 0 Å². The summed E-state index contributed by atoms with van der Waals surface area (Å²) in [6.45, 7) is 1.78. The third-order valence-corrected chi connectivity index (χ3v) is 5.54. The Balaban J connectivity index is 1.99. The number of aliphatic hydroxyl groups excluding tert-OH is 1. The second-order valence-electron chi connectivity index (χ2n) is 8.36. The summed E-state index contributed by atoms with van der Waals surface area (Å²) in [7, 11) is 0. The maximum absolute atomic E-state index is 12.4. The van der Waals surface area contributed by atoms with Gasteiger partial charge < -0.3 is 26.6 Å². The number of carbonyl (C=O) groups is 4. The third-order valence-electron chi connectivity index (χ3n) is 5.54. The van der Waals surface area contributed by atoms with Crippen molar-refractivity contribution >= 4 is 23.7 Å². The van der Waals surface area contributed by atoms with Gasteiger partial charge in [0.05, 0.1) is 12.5 Å². The second kappa shape index (κ2) is 13.9. The van der Waals surface area contributed by atoms with E-state index in [2.05, 4.69) is 10.6 Å². The molecule has 2 rings (SSSR count). The van der Waals surface area contributed by atoms with Gasteiger partial charge in [-0.05, 0) is 61.6 Å². The van der Waals surface area contributed by atoms with Crippen molar-refractivity contribution in [1.29, 1.82) is 0 Å². The molecule has 0 bridgehead atoms. The Morgan fingerprint density at radius 2 is 1.50 bits per heavy atom. The molecule has 0 saturated carbocycles. The van der Waals surface area contributed by atoms with Crippen LogP contribution in [-0.4, -0.2) is 63.8 Å². The van der Waals surface area contributed by atoms with Crippen molar-refractivity contribution in [3.63, 3.8) is 0 Å². The monoisotopic (exact) mass is 500 g/mol. The van der Waals surface area contributed by atoms with Gasteiger partial charge in [-0.25, -0.2) is 10.3 Å². The van der Waals surface area contributed by atoms with E-state index in [-0.39, 0.29) is 17.9 Å². The van der Waals surface area contributed by atoms with E-state index >= 15 is 0 Å². The third kappa shape index (κ3) is 8.45. The van der Waals surface area contributed by atoms with Crippen molar-refractivity contribution in [2.45, 2.75) is 50.8 Å². The maximum atomic E-state index is 12.4. The number of aliphatic hydroxyl groups is 1. The van der Waals surface area contributed by atoms with Crippen LogP contribution >= 0.6 is 0 Å². The lowest BCUT2D eigenvalue weighted by Gasteiger charge is -2.19.